The van der Waals surface area contributed by atoms with Gasteiger partial charge in [-0.2, -0.15) is 0 Å². The Labute approximate surface area is 106 Å². The highest BCUT2D eigenvalue weighted by Crippen LogP contribution is 2.24. The predicted octanol–water partition coefficient (Wildman–Crippen LogP) is 1.91. The zero-order valence-electron chi connectivity index (χ0n) is 11.6. The summed E-state index contributed by atoms with van der Waals surface area (Å²) in [5.74, 6) is 0.651. The van der Waals surface area contributed by atoms with Crippen molar-refractivity contribution in [3.05, 3.63) is 0 Å². The second-order valence-corrected chi connectivity index (χ2v) is 7.28. The van der Waals surface area contributed by atoms with Crippen molar-refractivity contribution >= 4 is 8.80 Å². The van der Waals surface area contributed by atoms with Crippen LogP contribution in [0, 0.1) is 5.92 Å². The van der Waals surface area contributed by atoms with Gasteiger partial charge in [0, 0.05) is 12.7 Å². The van der Waals surface area contributed by atoms with Crippen LogP contribution in [-0.4, -0.2) is 35.4 Å². The Kier molecular flexibility index (Phi) is 7.51. The standard InChI is InChI=1S/C12H28O4Si/c1-5-11(3)7-9-16-12(4,6-2)8-10-17(13,14)15/h11,13-15H,5-10H2,1-4H3. The zero-order valence-corrected chi connectivity index (χ0v) is 12.6. The summed E-state index contributed by atoms with van der Waals surface area (Å²) in [5.41, 5.74) is -0.361. The van der Waals surface area contributed by atoms with E-state index in [2.05, 4.69) is 13.8 Å². The fourth-order valence-corrected chi connectivity index (χ4v) is 2.36. The molecule has 5 heteroatoms. The maximum Gasteiger partial charge on any atom is 0.492 e. The largest absolute Gasteiger partial charge is 0.492 e. The van der Waals surface area contributed by atoms with Gasteiger partial charge in [-0.05, 0) is 32.1 Å². The van der Waals surface area contributed by atoms with E-state index < -0.39 is 8.80 Å². The third-order valence-corrected chi connectivity index (χ3v) is 4.42. The predicted molar refractivity (Wildman–Crippen MR) is 70.6 cm³/mol. The summed E-state index contributed by atoms with van der Waals surface area (Å²) in [6.45, 7) is 9.02. The minimum absolute atomic E-state index is 0.0423. The topological polar surface area (TPSA) is 69.9 Å². The van der Waals surface area contributed by atoms with Crippen LogP contribution in [0.25, 0.3) is 0 Å². The first-order valence-electron chi connectivity index (χ1n) is 6.53. The zero-order chi connectivity index (χ0) is 13.5. The van der Waals surface area contributed by atoms with Crippen LogP contribution in [0.2, 0.25) is 6.04 Å². The first-order chi connectivity index (χ1) is 7.72. The molecule has 0 aliphatic rings. The fraction of sp³-hybridized carbons (Fsp3) is 1.00. The van der Waals surface area contributed by atoms with Gasteiger partial charge in [0.15, 0.2) is 0 Å². The van der Waals surface area contributed by atoms with Gasteiger partial charge in [0.2, 0.25) is 0 Å². The van der Waals surface area contributed by atoms with Crippen molar-refractivity contribution in [3.8, 4) is 0 Å². The van der Waals surface area contributed by atoms with Crippen LogP contribution in [0.3, 0.4) is 0 Å². The van der Waals surface area contributed by atoms with Crippen molar-refractivity contribution in [2.45, 2.75) is 65.0 Å². The van der Waals surface area contributed by atoms with Crippen LogP contribution in [0.4, 0.5) is 0 Å². The van der Waals surface area contributed by atoms with Gasteiger partial charge >= 0.3 is 8.80 Å². The van der Waals surface area contributed by atoms with Crippen molar-refractivity contribution in [3.63, 3.8) is 0 Å². The van der Waals surface area contributed by atoms with E-state index >= 15 is 0 Å². The molecule has 0 saturated heterocycles. The quantitative estimate of drug-likeness (QED) is 0.556. The Hall–Kier alpha value is 0.0569. The summed E-state index contributed by atoms with van der Waals surface area (Å²) < 4.78 is 5.84. The Morgan fingerprint density at radius 2 is 1.82 bits per heavy atom. The maximum atomic E-state index is 9.02. The molecule has 17 heavy (non-hydrogen) atoms. The molecule has 0 aromatic carbocycles. The van der Waals surface area contributed by atoms with Crippen LogP contribution in [0.1, 0.15) is 53.4 Å². The molecule has 2 atom stereocenters. The third kappa shape index (κ3) is 8.74. The van der Waals surface area contributed by atoms with Crippen LogP contribution in [0.5, 0.6) is 0 Å². The molecule has 0 aromatic heterocycles. The molecule has 0 saturated carbocycles. The second-order valence-electron chi connectivity index (χ2n) is 5.23. The minimum Gasteiger partial charge on any atom is -0.390 e. The molecule has 4 nitrogen and oxygen atoms in total. The van der Waals surface area contributed by atoms with Gasteiger partial charge < -0.3 is 19.1 Å². The fourth-order valence-electron chi connectivity index (χ4n) is 1.49. The van der Waals surface area contributed by atoms with Crippen molar-refractivity contribution in [1.29, 1.82) is 0 Å². The highest BCUT2D eigenvalue weighted by atomic mass is 28.4. The molecule has 104 valence electrons. The number of hydrogen-bond acceptors (Lipinski definition) is 4. The number of ether oxygens (including phenoxy) is 1. The minimum atomic E-state index is -3.93. The summed E-state index contributed by atoms with van der Waals surface area (Å²) in [6.07, 6.45) is 3.45. The molecular weight excluding hydrogens is 236 g/mol. The van der Waals surface area contributed by atoms with E-state index in [1.807, 2.05) is 13.8 Å². The van der Waals surface area contributed by atoms with E-state index in [0.29, 0.717) is 18.9 Å². The summed E-state index contributed by atoms with van der Waals surface area (Å²) in [5, 5.41) is 0. The van der Waals surface area contributed by atoms with E-state index in [-0.39, 0.29) is 11.6 Å². The summed E-state index contributed by atoms with van der Waals surface area (Å²) >= 11 is 0. The van der Waals surface area contributed by atoms with E-state index in [4.69, 9.17) is 19.1 Å². The highest BCUT2D eigenvalue weighted by molar-refractivity contribution is 6.56. The van der Waals surface area contributed by atoms with Gasteiger partial charge in [0.1, 0.15) is 0 Å². The molecule has 0 aromatic rings. The Bertz CT molecular complexity index is 205. The maximum absolute atomic E-state index is 9.02. The summed E-state index contributed by atoms with van der Waals surface area (Å²) in [6, 6.07) is 0.0423. The van der Waals surface area contributed by atoms with Crippen LogP contribution in [-0.2, 0) is 4.74 Å². The molecule has 2 unspecified atom stereocenters. The molecule has 0 aliphatic carbocycles. The van der Waals surface area contributed by atoms with Gasteiger partial charge in [-0.3, -0.25) is 0 Å². The van der Waals surface area contributed by atoms with Crippen molar-refractivity contribution < 1.29 is 19.1 Å². The van der Waals surface area contributed by atoms with E-state index in [0.717, 1.165) is 19.3 Å². The molecule has 0 amide bonds. The van der Waals surface area contributed by atoms with E-state index in [1.54, 1.807) is 0 Å². The van der Waals surface area contributed by atoms with Crippen LogP contribution < -0.4 is 0 Å². The normalized spacial score (nSPS) is 17.8. The van der Waals surface area contributed by atoms with Gasteiger partial charge in [0.25, 0.3) is 0 Å². The molecule has 3 N–H and O–H groups in total. The van der Waals surface area contributed by atoms with Crippen LogP contribution in [0.15, 0.2) is 0 Å². The summed E-state index contributed by atoms with van der Waals surface area (Å²) in [4.78, 5) is 27.1. The lowest BCUT2D eigenvalue weighted by Crippen LogP contribution is -2.38. The van der Waals surface area contributed by atoms with Gasteiger partial charge in [0.05, 0.1) is 5.60 Å². The Morgan fingerprint density at radius 3 is 2.24 bits per heavy atom. The lowest BCUT2D eigenvalue weighted by molar-refractivity contribution is -0.0438. The molecule has 0 spiro atoms. The summed E-state index contributed by atoms with van der Waals surface area (Å²) in [7, 11) is -3.93. The van der Waals surface area contributed by atoms with E-state index in [1.165, 1.54) is 0 Å². The Balaban J connectivity index is 4.01. The SMILES string of the molecule is CCC(C)CCOC(C)(CC)CC[Si](O)(O)O. The number of hydrogen-bond donors (Lipinski definition) is 3. The van der Waals surface area contributed by atoms with Crippen molar-refractivity contribution in [1.82, 2.24) is 0 Å². The van der Waals surface area contributed by atoms with Crippen LogP contribution >= 0.6 is 0 Å². The second kappa shape index (κ2) is 7.48. The highest BCUT2D eigenvalue weighted by Gasteiger charge is 2.32. The third-order valence-electron chi connectivity index (χ3n) is 3.50. The monoisotopic (exact) mass is 264 g/mol. The average Bonchev–Trinajstić information content (AvgIpc) is 2.25. The molecule has 0 bridgehead atoms. The molecule has 0 heterocycles. The smallest absolute Gasteiger partial charge is 0.390 e. The number of rotatable bonds is 9. The van der Waals surface area contributed by atoms with Gasteiger partial charge in [-0.25, -0.2) is 0 Å². The van der Waals surface area contributed by atoms with Crippen molar-refractivity contribution in [2.75, 3.05) is 6.61 Å². The van der Waals surface area contributed by atoms with Gasteiger partial charge in [-0.15, -0.1) is 0 Å². The average molecular weight is 264 g/mol. The first-order valence-corrected chi connectivity index (χ1v) is 8.58. The molecular formula is C12H28O4Si. The van der Waals surface area contributed by atoms with Gasteiger partial charge in [-0.1, -0.05) is 27.2 Å². The molecule has 0 aliphatic heterocycles. The van der Waals surface area contributed by atoms with Crippen molar-refractivity contribution in [2.24, 2.45) is 5.92 Å². The molecule has 0 rings (SSSR count). The lowest BCUT2D eigenvalue weighted by Gasteiger charge is -2.30. The van der Waals surface area contributed by atoms with E-state index in [9.17, 15) is 0 Å². The Morgan fingerprint density at radius 1 is 1.24 bits per heavy atom. The lowest BCUT2D eigenvalue weighted by atomic mass is 9.99. The first kappa shape index (κ1) is 17.1. The molecule has 0 fully saturated rings. The molecule has 0 radical (unpaired) electrons.